The first kappa shape index (κ1) is 16.7. The van der Waals surface area contributed by atoms with Crippen molar-refractivity contribution in [3.8, 4) is 0 Å². The van der Waals surface area contributed by atoms with E-state index in [4.69, 9.17) is 9.47 Å². The zero-order chi connectivity index (χ0) is 18.1. The van der Waals surface area contributed by atoms with Crippen LogP contribution in [-0.4, -0.2) is 35.1 Å². The number of ether oxygens (including phenoxy) is 2. The van der Waals surface area contributed by atoms with Crippen LogP contribution in [0.2, 0.25) is 0 Å². The van der Waals surface area contributed by atoms with Crippen LogP contribution in [-0.2, 0) is 28.7 Å². The maximum atomic E-state index is 12.8. The van der Waals surface area contributed by atoms with Gasteiger partial charge in [0.25, 0.3) is 0 Å². The molecule has 7 atom stereocenters. The van der Waals surface area contributed by atoms with Gasteiger partial charge in [0.1, 0.15) is 5.41 Å². The highest BCUT2D eigenvalue weighted by Crippen LogP contribution is 2.66. The van der Waals surface area contributed by atoms with Crippen LogP contribution >= 0.6 is 0 Å². The summed E-state index contributed by atoms with van der Waals surface area (Å²) in [5.74, 6) is -5.04. The molecule has 7 nitrogen and oxygen atoms in total. The number of aliphatic hydroxyl groups is 1. The van der Waals surface area contributed by atoms with E-state index in [1.54, 1.807) is 6.92 Å². The minimum Gasteiger partial charge on any atom is -0.392 e. The number of aliphatic hydroxyl groups excluding tert-OH is 1. The monoisotopic (exact) mass is 350 g/mol. The second kappa shape index (κ2) is 5.13. The van der Waals surface area contributed by atoms with Gasteiger partial charge in [-0.2, -0.15) is 0 Å². The van der Waals surface area contributed by atoms with Gasteiger partial charge in [0.05, 0.1) is 23.4 Å². The summed E-state index contributed by atoms with van der Waals surface area (Å²) < 4.78 is 9.98. The minimum absolute atomic E-state index is 0.160. The summed E-state index contributed by atoms with van der Waals surface area (Å²) in [5.41, 5.74) is -2.39. The lowest BCUT2D eigenvalue weighted by Crippen LogP contribution is -2.62. The van der Waals surface area contributed by atoms with Crippen molar-refractivity contribution in [3.63, 3.8) is 0 Å². The van der Waals surface area contributed by atoms with Gasteiger partial charge in [-0.05, 0) is 37.5 Å². The predicted octanol–water partition coefficient (Wildman–Crippen LogP) is 0.969. The predicted molar refractivity (Wildman–Crippen MR) is 81.5 cm³/mol. The van der Waals surface area contributed by atoms with Crippen molar-refractivity contribution in [2.24, 2.45) is 34.5 Å². The van der Waals surface area contributed by atoms with Crippen LogP contribution in [0.4, 0.5) is 0 Å². The van der Waals surface area contributed by atoms with Crippen molar-refractivity contribution >= 4 is 23.9 Å². The van der Waals surface area contributed by atoms with Crippen LogP contribution in [0.25, 0.3) is 0 Å². The Kier molecular flexibility index (Phi) is 3.42. The van der Waals surface area contributed by atoms with E-state index >= 15 is 0 Å². The number of esters is 4. The summed E-state index contributed by atoms with van der Waals surface area (Å²) in [6, 6.07) is 0. The normalized spacial score (nSPS) is 48.5. The van der Waals surface area contributed by atoms with E-state index in [1.807, 2.05) is 6.92 Å². The Bertz CT molecular complexity index is 685. The number of hydrogen-bond donors (Lipinski definition) is 1. The summed E-state index contributed by atoms with van der Waals surface area (Å²) >= 11 is 0. The molecule has 25 heavy (non-hydrogen) atoms. The van der Waals surface area contributed by atoms with Crippen LogP contribution in [0.1, 0.15) is 46.0 Å². The summed E-state index contributed by atoms with van der Waals surface area (Å²) in [7, 11) is 0. The molecule has 5 fully saturated rings. The Labute approximate surface area is 145 Å². The SMILES string of the molecule is CCCC1C2C(=O)OC(=O)C23CCC12C(=O)OC(=O)C2CC(C)C3O. The molecule has 7 unspecified atom stereocenters. The maximum Gasteiger partial charge on any atom is 0.323 e. The molecule has 2 bridgehead atoms. The van der Waals surface area contributed by atoms with Crippen LogP contribution in [0.3, 0.4) is 0 Å². The molecular weight excluding hydrogens is 328 g/mol. The third-order valence-corrected chi connectivity index (χ3v) is 7.15. The molecule has 3 aliphatic carbocycles. The highest BCUT2D eigenvalue weighted by molar-refractivity contribution is 6.04. The van der Waals surface area contributed by atoms with Gasteiger partial charge in [0.2, 0.25) is 0 Å². The molecule has 2 spiro atoms. The smallest absolute Gasteiger partial charge is 0.323 e. The third kappa shape index (κ3) is 1.75. The number of rotatable bonds is 2. The van der Waals surface area contributed by atoms with Gasteiger partial charge in [-0.3, -0.25) is 19.2 Å². The summed E-state index contributed by atoms with van der Waals surface area (Å²) in [6.45, 7) is 3.67. The van der Waals surface area contributed by atoms with Crippen molar-refractivity contribution in [2.45, 2.75) is 52.1 Å². The molecule has 7 heteroatoms. The zero-order valence-corrected chi connectivity index (χ0v) is 14.3. The van der Waals surface area contributed by atoms with E-state index in [2.05, 4.69) is 0 Å². The highest BCUT2D eigenvalue weighted by Gasteiger charge is 2.76. The van der Waals surface area contributed by atoms with Gasteiger partial charge < -0.3 is 14.6 Å². The standard InChI is InChI=1S/C18H22O7/c1-3-4-9-11-14(21)25-16(23)18(11)6-5-17(9)10(7-8(2)12(18)19)13(20)24-15(17)22/h8-12,19H,3-7H2,1-2H3. The lowest BCUT2D eigenvalue weighted by molar-refractivity contribution is -0.182. The Hall–Kier alpha value is -1.76. The van der Waals surface area contributed by atoms with E-state index in [0.29, 0.717) is 12.8 Å². The van der Waals surface area contributed by atoms with Crippen LogP contribution in [0.15, 0.2) is 0 Å². The molecule has 1 N–H and O–H groups in total. The van der Waals surface area contributed by atoms with Crippen LogP contribution < -0.4 is 0 Å². The number of cyclic esters (lactones) is 4. The van der Waals surface area contributed by atoms with E-state index in [-0.39, 0.29) is 19.3 Å². The third-order valence-electron chi connectivity index (χ3n) is 7.15. The van der Waals surface area contributed by atoms with Crippen LogP contribution in [0.5, 0.6) is 0 Å². The first-order valence-corrected chi connectivity index (χ1v) is 9.01. The van der Waals surface area contributed by atoms with Crippen molar-refractivity contribution in [1.29, 1.82) is 0 Å². The maximum absolute atomic E-state index is 12.8. The lowest BCUT2D eigenvalue weighted by Gasteiger charge is -2.54. The minimum atomic E-state index is -1.31. The topological polar surface area (TPSA) is 107 Å². The molecule has 0 amide bonds. The fourth-order valence-corrected chi connectivity index (χ4v) is 6.06. The van der Waals surface area contributed by atoms with E-state index in [1.165, 1.54) is 0 Å². The average Bonchev–Trinajstić information content (AvgIpc) is 2.94. The Balaban J connectivity index is 1.96. The van der Waals surface area contributed by atoms with Gasteiger partial charge in [0, 0.05) is 0 Å². The van der Waals surface area contributed by atoms with E-state index in [0.717, 1.165) is 0 Å². The average molecular weight is 350 g/mol. The molecule has 0 aromatic rings. The molecule has 2 saturated heterocycles. The van der Waals surface area contributed by atoms with Gasteiger partial charge in [-0.25, -0.2) is 0 Å². The largest absolute Gasteiger partial charge is 0.392 e. The van der Waals surface area contributed by atoms with Gasteiger partial charge in [0.15, 0.2) is 0 Å². The number of hydrogen-bond acceptors (Lipinski definition) is 7. The number of carbonyl (C=O) groups excluding carboxylic acids is 4. The number of carbonyl (C=O) groups is 4. The van der Waals surface area contributed by atoms with Crippen molar-refractivity contribution in [1.82, 2.24) is 0 Å². The molecule has 0 aromatic heterocycles. The Morgan fingerprint density at radius 2 is 1.64 bits per heavy atom. The quantitative estimate of drug-likeness (QED) is 0.584. The molecule has 2 aliphatic heterocycles. The molecule has 5 aliphatic rings. The summed E-state index contributed by atoms with van der Waals surface area (Å²) in [6.07, 6.45) is 0.775. The van der Waals surface area contributed by atoms with Crippen LogP contribution in [0, 0.1) is 34.5 Å². The second-order valence-electron chi connectivity index (χ2n) is 8.08. The highest BCUT2D eigenvalue weighted by atomic mass is 16.6. The van der Waals surface area contributed by atoms with Gasteiger partial charge in [-0.1, -0.05) is 20.3 Å². The number of fused-ring (bicyclic) bond motifs is 3. The van der Waals surface area contributed by atoms with E-state index < -0.39 is 64.5 Å². The first-order chi connectivity index (χ1) is 11.8. The molecular formula is C18H22O7. The second-order valence-corrected chi connectivity index (χ2v) is 8.08. The molecule has 136 valence electrons. The van der Waals surface area contributed by atoms with Gasteiger partial charge in [-0.15, -0.1) is 0 Å². The Morgan fingerprint density at radius 1 is 1.04 bits per heavy atom. The molecule has 0 aromatic carbocycles. The van der Waals surface area contributed by atoms with E-state index in [9.17, 15) is 24.3 Å². The fraction of sp³-hybridized carbons (Fsp3) is 0.778. The molecule has 2 heterocycles. The molecule has 3 saturated carbocycles. The lowest BCUT2D eigenvalue weighted by atomic mass is 9.44. The Morgan fingerprint density at radius 3 is 2.32 bits per heavy atom. The molecule has 5 rings (SSSR count). The zero-order valence-electron chi connectivity index (χ0n) is 14.3. The van der Waals surface area contributed by atoms with Crippen molar-refractivity contribution in [2.75, 3.05) is 0 Å². The van der Waals surface area contributed by atoms with Crippen molar-refractivity contribution < 1.29 is 33.8 Å². The summed E-state index contributed by atoms with van der Waals surface area (Å²) in [5, 5.41) is 11.0. The fourth-order valence-electron chi connectivity index (χ4n) is 6.06. The summed E-state index contributed by atoms with van der Waals surface area (Å²) in [4.78, 5) is 50.4. The molecule has 0 radical (unpaired) electrons. The van der Waals surface area contributed by atoms with Gasteiger partial charge >= 0.3 is 23.9 Å². The van der Waals surface area contributed by atoms with Crippen molar-refractivity contribution in [3.05, 3.63) is 0 Å². The first-order valence-electron chi connectivity index (χ1n) is 9.01.